The van der Waals surface area contributed by atoms with Crippen LogP contribution in [0.15, 0.2) is 41.8 Å². The van der Waals surface area contributed by atoms with Crippen LogP contribution in [0.25, 0.3) is 0 Å². The number of nitrogens with zero attached hydrogens (tertiary/aromatic N) is 4. The lowest BCUT2D eigenvalue weighted by molar-refractivity contribution is 0.857. The molecule has 0 aliphatic carbocycles. The average Bonchev–Trinajstić information content (AvgIpc) is 2.91. The summed E-state index contributed by atoms with van der Waals surface area (Å²) in [5, 5.41) is 2.80. The van der Waals surface area contributed by atoms with Gasteiger partial charge in [0.15, 0.2) is 5.82 Å². The fraction of sp³-hybridized carbons (Fsp3) is 0.214. The number of rotatable bonds is 2. The second kappa shape index (κ2) is 5.46. The van der Waals surface area contributed by atoms with Gasteiger partial charge in [-0.2, -0.15) is 0 Å². The second-order valence-corrected chi connectivity index (χ2v) is 4.98. The van der Waals surface area contributed by atoms with Gasteiger partial charge in [-0.25, -0.2) is 15.0 Å². The van der Waals surface area contributed by atoms with E-state index in [0.29, 0.717) is 5.82 Å². The van der Waals surface area contributed by atoms with Gasteiger partial charge in [-0.3, -0.25) is 10.4 Å². The van der Waals surface area contributed by atoms with Crippen molar-refractivity contribution in [3.05, 3.63) is 47.4 Å². The van der Waals surface area contributed by atoms with Crippen molar-refractivity contribution in [1.82, 2.24) is 15.4 Å². The van der Waals surface area contributed by atoms with Gasteiger partial charge in [-0.1, -0.05) is 17.7 Å². The van der Waals surface area contributed by atoms with Gasteiger partial charge in [0.1, 0.15) is 12.2 Å². The Hall–Kier alpha value is -2.14. The number of aryl methyl sites for hydroxylation is 1. The summed E-state index contributed by atoms with van der Waals surface area (Å²) in [5.74, 6) is 1.55. The van der Waals surface area contributed by atoms with Crippen LogP contribution in [0.5, 0.6) is 0 Å². The molecule has 20 heavy (non-hydrogen) atoms. The Kier molecular flexibility index (Phi) is 3.52. The number of benzene rings is 1. The maximum Gasteiger partial charge on any atom is 0.157 e. The van der Waals surface area contributed by atoms with Gasteiger partial charge in [0.2, 0.25) is 0 Å². The van der Waals surface area contributed by atoms with Crippen LogP contribution >= 0.6 is 11.6 Å². The minimum Gasteiger partial charge on any atom is -0.286 e. The predicted molar refractivity (Wildman–Crippen MR) is 80.4 cm³/mol. The van der Waals surface area contributed by atoms with E-state index in [9.17, 15) is 0 Å². The SMILES string of the molecule is Cc1ccc(N2CCC(=Nc3ccncn3)N2)cc1Cl. The molecule has 0 atom stereocenters. The van der Waals surface area contributed by atoms with E-state index in [4.69, 9.17) is 11.6 Å². The van der Waals surface area contributed by atoms with Crippen molar-refractivity contribution in [1.29, 1.82) is 0 Å². The molecule has 2 aromatic rings. The number of hydrazine groups is 1. The molecule has 0 radical (unpaired) electrons. The molecule has 2 heterocycles. The van der Waals surface area contributed by atoms with E-state index < -0.39 is 0 Å². The molecular weight excluding hydrogens is 274 g/mol. The Morgan fingerprint density at radius 3 is 3.00 bits per heavy atom. The van der Waals surface area contributed by atoms with Gasteiger partial charge in [0.05, 0.1) is 5.69 Å². The molecule has 6 heteroatoms. The minimum atomic E-state index is 0.659. The summed E-state index contributed by atoms with van der Waals surface area (Å²) in [7, 11) is 0. The molecule has 102 valence electrons. The predicted octanol–water partition coefficient (Wildman–Crippen LogP) is 2.88. The van der Waals surface area contributed by atoms with E-state index in [1.807, 2.05) is 30.1 Å². The number of hydrogen-bond donors (Lipinski definition) is 1. The van der Waals surface area contributed by atoms with Gasteiger partial charge in [-0.15, -0.1) is 0 Å². The normalized spacial score (nSPS) is 16.5. The number of aliphatic imine (C=N–C) groups is 1. The van der Waals surface area contributed by atoms with Crippen molar-refractivity contribution in [2.24, 2.45) is 4.99 Å². The summed E-state index contributed by atoms with van der Waals surface area (Å²) in [5.41, 5.74) is 5.38. The molecule has 0 amide bonds. The monoisotopic (exact) mass is 287 g/mol. The lowest BCUT2D eigenvalue weighted by atomic mass is 10.2. The van der Waals surface area contributed by atoms with E-state index in [2.05, 4.69) is 20.4 Å². The van der Waals surface area contributed by atoms with Crippen molar-refractivity contribution in [2.45, 2.75) is 13.3 Å². The first-order valence-electron chi connectivity index (χ1n) is 6.36. The number of halogens is 1. The van der Waals surface area contributed by atoms with Gasteiger partial charge < -0.3 is 0 Å². The van der Waals surface area contributed by atoms with Crippen molar-refractivity contribution in [2.75, 3.05) is 11.6 Å². The Labute approximate surface area is 122 Å². The van der Waals surface area contributed by atoms with Crippen LogP contribution in [0.1, 0.15) is 12.0 Å². The first-order chi connectivity index (χ1) is 9.72. The molecule has 0 saturated carbocycles. The summed E-state index contributed by atoms with van der Waals surface area (Å²) < 4.78 is 0. The average molecular weight is 288 g/mol. The van der Waals surface area contributed by atoms with Gasteiger partial charge in [-0.05, 0) is 24.6 Å². The summed E-state index contributed by atoms with van der Waals surface area (Å²) in [4.78, 5) is 12.4. The zero-order chi connectivity index (χ0) is 13.9. The zero-order valence-corrected chi connectivity index (χ0v) is 11.8. The molecule has 1 aromatic heterocycles. The van der Waals surface area contributed by atoms with E-state index in [-0.39, 0.29) is 0 Å². The highest BCUT2D eigenvalue weighted by atomic mass is 35.5. The Balaban J connectivity index is 1.76. The van der Waals surface area contributed by atoms with Crippen molar-refractivity contribution in [3.63, 3.8) is 0 Å². The van der Waals surface area contributed by atoms with E-state index in [1.54, 1.807) is 12.3 Å². The molecule has 1 aliphatic heterocycles. The zero-order valence-electron chi connectivity index (χ0n) is 11.0. The number of nitrogens with one attached hydrogen (secondary N) is 1. The first-order valence-corrected chi connectivity index (χ1v) is 6.74. The van der Waals surface area contributed by atoms with E-state index in [1.165, 1.54) is 6.33 Å². The van der Waals surface area contributed by atoms with Gasteiger partial charge in [0, 0.05) is 30.3 Å². The molecule has 1 aromatic carbocycles. The Bertz CT molecular complexity index is 641. The highest BCUT2D eigenvalue weighted by molar-refractivity contribution is 6.31. The standard InChI is InChI=1S/C14H14ClN5/c1-10-2-3-11(8-12(10)15)20-7-5-14(19-20)18-13-4-6-16-9-17-13/h2-4,6,8-9H,5,7H2,1H3,(H,16,17,18,19). The number of hydrogen-bond acceptors (Lipinski definition) is 4. The third-order valence-corrected chi connectivity index (χ3v) is 3.53. The van der Waals surface area contributed by atoms with Crippen molar-refractivity contribution < 1.29 is 0 Å². The maximum absolute atomic E-state index is 6.16. The van der Waals surface area contributed by atoms with Crippen LogP contribution in [0.3, 0.4) is 0 Å². The molecule has 0 bridgehead atoms. The summed E-state index contributed by atoms with van der Waals surface area (Å²) in [6.45, 7) is 2.84. The summed E-state index contributed by atoms with van der Waals surface area (Å²) in [6, 6.07) is 7.79. The molecule has 1 saturated heterocycles. The number of amidine groups is 1. The van der Waals surface area contributed by atoms with Crippen LogP contribution in [0.2, 0.25) is 5.02 Å². The molecule has 5 nitrogen and oxygen atoms in total. The third-order valence-electron chi connectivity index (χ3n) is 3.12. The first kappa shape index (κ1) is 12.9. The molecule has 1 N–H and O–H groups in total. The van der Waals surface area contributed by atoms with E-state index >= 15 is 0 Å². The maximum atomic E-state index is 6.16. The molecule has 1 aliphatic rings. The van der Waals surface area contributed by atoms with Crippen LogP contribution in [-0.4, -0.2) is 22.3 Å². The van der Waals surface area contributed by atoms with Gasteiger partial charge in [0.25, 0.3) is 0 Å². The van der Waals surface area contributed by atoms with Gasteiger partial charge >= 0.3 is 0 Å². The second-order valence-electron chi connectivity index (χ2n) is 4.57. The summed E-state index contributed by atoms with van der Waals surface area (Å²) in [6.07, 6.45) is 4.01. The van der Waals surface area contributed by atoms with E-state index in [0.717, 1.165) is 35.1 Å². The molecule has 3 rings (SSSR count). The molecule has 1 fully saturated rings. The van der Waals surface area contributed by atoms with Crippen LogP contribution in [0.4, 0.5) is 11.5 Å². The fourth-order valence-corrected chi connectivity index (χ4v) is 2.17. The third kappa shape index (κ3) is 2.72. The minimum absolute atomic E-state index is 0.659. The van der Waals surface area contributed by atoms with Crippen LogP contribution in [-0.2, 0) is 0 Å². The number of anilines is 1. The lowest BCUT2D eigenvalue weighted by Crippen LogP contribution is -2.33. The van der Waals surface area contributed by atoms with Crippen molar-refractivity contribution >= 4 is 28.9 Å². The Morgan fingerprint density at radius 2 is 2.25 bits per heavy atom. The highest BCUT2D eigenvalue weighted by Gasteiger charge is 2.18. The number of aromatic nitrogens is 2. The largest absolute Gasteiger partial charge is 0.286 e. The molecular formula is C14H14ClN5. The quantitative estimate of drug-likeness (QED) is 0.923. The van der Waals surface area contributed by atoms with Crippen molar-refractivity contribution in [3.8, 4) is 0 Å². The highest BCUT2D eigenvalue weighted by Crippen LogP contribution is 2.24. The van der Waals surface area contributed by atoms with Crippen LogP contribution < -0.4 is 10.4 Å². The summed E-state index contributed by atoms with van der Waals surface area (Å²) >= 11 is 6.16. The molecule has 0 unspecified atom stereocenters. The molecule has 0 spiro atoms. The smallest absolute Gasteiger partial charge is 0.157 e. The fourth-order valence-electron chi connectivity index (χ4n) is 2.00. The lowest BCUT2D eigenvalue weighted by Gasteiger charge is -2.18. The van der Waals surface area contributed by atoms with Crippen LogP contribution in [0, 0.1) is 6.92 Å². The topological polar surface area (TPSA) is 53.4 Å². The Morgan fingerprint density at radius 1 is 1.35 bits per heavy atom.